The molecule has 2 amide bonds. The maximum atomic E-state index is 12.1. The Kier molecular flexibility index (Phi) is 6.50. The number of halogens is 2. The summed E-state index contributed by atoms with van der Waals surface area (Å²) in [6.45, 7) is 0.00528. The highest BCUT2D eigenvalue weighted by atomic mass is 35.5. The van der Waals surface area contributed by atoms with Crippen molar-refractivity contribution in [2.24, 2.45) is 0 Å². The van der Waals surface area contributed by atoms with Crippen molar-refractivity contribution in [3.05, 3.63) is 52.0 Å². The van der Waals surface area contributed by atoms with E-state index in [1.807, 2.05) is 0 Å². The monoisotopic (exact) mass is 381 g/mol. The lowest BCUT2D eigenvalue weighted by molar-refractivity contribution is -0.114. The van der Waals surface area contributed by atoms with E-state index in [-0.39, 0.29) is 18.4 Å². The van der Waals surface area contributed by atoms with Crippen LogP contribution in [0.15, 0.2) is 36.4 Å². The molecule has 0 aliphatic heterocycles. The molecular weight excluding hydrogens is 365 g/mol. The molecule has 2 rings (SSSR count). The van der Waals surface area contributed by atoms with E-state index in [1.54, 1.807) is 36.4 Å². The van der Waals surface area contributed by atoms with Gasteiger partial charge in [0.15, 0.2) is 0 Å². The van der Waals surface area contributed by atoms with Gasteiger partial charge in [-0.2, -0.15) is 0 Å². The average Bonchev–Trinajstić information content (AvgIpc) is 2.59. The third-order valence-electron chi connectivity index (χ3n) is 3.33. The molecule has 0 aliphatic carbocycles. The van der Waals surface area contributed by atoms with Crippen molar-refractivity contribution < 1.29 is 14.3 Å². The highest BCUT2D eigenvalue weighted by Gasteiger charge is 2.11. The zero-order valence-corrected chi connectivity index (χ0v) is 15.2. The zero-order chi connectivity index (χ0) is 18.4. The molecule has 0 aliphatic rings. The van der Waals surface area contributed by atoms with Gasteiger partial charge in [0.2, 0.25) is 5.91 Å². The van der Waals surface area contributed by atoms with E-state index < -0.39 is 0 Å². The Hall–Kier alpha value is -2.44. The molecule has 8 heteroatoms. The lowest BCUT2D eigenvalue weighted by atomic mass is 10.2. The largest absolute Gasteiger partial charge is 0.495 e. The molecule has 6 nitrogen and oxygen atoms in total. The summed E-state index contributed by atoms with van der Waals surface area (Å²) in [7, 11) is 3.03. The van der Waals surface area contributed by atoms with E-state index in [0.717, 1.165) is 0 Å². The Labute approximate surface area is 155 Å². The Balaban J connectivity index is 2.00. The molecule has 0 bridgehead atoms. The molecule has 0 fully saturated rings. The minimum absolute atomic E-state index is 0.00528. The summed E-state index contributed by atoms with van der Waals surface area (Å²) < 4.78 is 5.18. The highest BCUT2D eigenvalue weighted by Crippen LogP contribution is 2.27. The van der Waals surface area contributed by atoms with Crippen molar-refractivity contribution in [2.75, 3.05) is 31.3 Å². The number of hydrogen-bond donors (Lipinski definition) is 3. The van der Waals surface area contributed by atoms with Gasteiger partial charge in [0.05, 0.1) is 29.9 Å². The summed E-state index contributed by atoms with van der Waals surface area (Å²) in [6.07, 6.45) is 0. The quantitative estimate of drug-likeness (QED) is 0.716. The molecule has 0 radical (unpaired) electrons. The standard InChI is InChI=1S/C17H17Cl2N3O3/c1-20-17(24)12-5-4-11(8-13(12)19)21-9-16(23)22-14-7-10(18)3-6-15(14)25-2/h3-8,21H,9H2,1-2H3,(H,20,24)(H,22,23). The van der Waals surface area contributed by atoms with Gasteiger partial charge in [-0.1, -0.05) is 23.2 Å². The number of nitrogens with one attached hydrogen (secondary N) is 3. The van der Waals surface area contributed by atoms with E-state index in [2.05, 4.69) is 16.0 Å². The minimum atomic E-state index is -0.285. The van der Waals surface area contributed by atoms with Gasteiger partial charge in [0.25, 0.3) is 5.91 Å². The lowest BCUT2D eigenvalue weighted by Gasteiger charge is -2.12. The molecule has 132 valence electrons. The topological polar surface area (TPSA) is 79.5 Å². The fraction of sp³-hybridized carbons (Fsp3) is 0.176. The van der Waals surface area contributed by atoms with Crippen LogP contribution in [0.1, 0.15) is 10.4 Å². The molecule has 0 aromatic heterocycles. The minimum Gasteiger partial charge on any atom is -0.495 e. The van der Waals surface area contributed by atoms with Crippen LogP contribution >= 0.6 is 23.2 Å². The number of anilines is 2. The molecule has 2 aromatic rings. The van der Waals surface area contributed by atoms with Gasteiger partial charge in [-0.15, -0.1) is 0 Å². The van der Waals surface area contributed by atoms with Crippen LogP contribution in [-0.4, -0.2) is 32.5 Å². The molecule has 2 aromatic carbocycles. The summed E-state index contributed by atoms with van der Waals surface area (Å²) in [5, 5.41) is 8.94. The summed E-state index contributed by atoms with van der Waals surface area (Å²) in [4.78, 5) is 23.7. The molecule has 3 N–H and O–H groups in total. The molecular formula is C17H17Cl2N3O3. The van der Waals surface area contributed by atoms with Crippen LogP contribution in [0.4, 0.5) is 11.4 Å². The van der Waals surface area contributed by atoms with Crippen LogP contribution in [0.5, 0.6) is 5.75 Å². The van der Waals surface area contributed by atoms with Gasteiger partial charge in [-0.3, -0.25) is 9.59 Å². The first-order valence-electron chi connectivity index (χ1n) is 7.33. The second-order valence-corrected chi connectivity index (χ2v) is 5.86. The number of amides is 2. The first kappa shape index (κ1) is 18.9. The molecule has 0 heterocycles. The van der Waals surface area contributed by atoms with Gasteiger partial charge in [-0.05, 0) is 36.4 Å². The fourth-order valence-corrected chi connectivity index (χ4v) is 2.54. The molecule has 0 atom stereocenters. The van der Waals surface area contributed by atoms with Crippen molar-refractivity contribution in [1.82, 2.24) is 5.32 Å². The van der Waals surface area contributed by atoms with Crippen molar-refractivity contribution in [3.8, 4) is 5.75 Å². The molecule has 0 saturated heterocycles. The third-order valence-corrected chi connectivity index (χ3v) is 3.88. The molecule has 0 unspecified atom stereocenters. The van der Waals surface area contributed by atoms with Gasteiger partial charge in [-0.25, -0.2) is 0 Å². The van der Waals surface area contributed by atoms with Crippen LogP contribution < -0.4 is 20.7 Å². The smallest absolute Gasteiger partial charge is 0.252 e. The van der Waals surface area contributed by atoms with Crippen LogP contribution in [0.25, 0.3) is 0 Å². The number of methoxy groups -OCH3 is 1. The van der Waals surface area contributed by atoms with E-state index in [1.165, 1.54) is 14.2 Å². The summed E-state index contributed by atoms with van der Waals surface area (Å²) >= 11 is 12.0. The molecule has 0 spiro atoms. The number of ether oxygens (including phenoxy) is 1. The number of rotatable bonds is 6. The van der Waals surface area contributed by atoms with Crippen molar-refractivity contribution >= 4 is 46.4 Å². The average molecular weight is 382 g/mol. The Morgan fingerprint density at radius 2 is 1.88 bits per heavy atom. The maximum absolute atomic E-state index is 12.1. The van der Waals surface area contributed by atoms with Crippen LogP contribution in [0.3, 0.4) is 0 Å². The number of carbonyl (C=O) groups excluding carboxylic acids is 2. The number of carbonyl (C=O) groups is 2. The first-order valence-corrected chi connectivity index (χ1v) is 8.09. The first-order chi connectivity index (χ1) is 11.9. The summed E-state index contributed by atoms with van der Waals surface area (Å²) in [5.41, 5.74) is 1.46. The Morgan fingerprint density at radius 3 is 2.52 bits per heavy atom. The van der Waals surface area contributed by atoms with Crippen molar-refractivity contribution in [1.29, 1.82) is 0 Å². The lowest BCUT2D eigenvalue weighted by Crippen LogP contribution is -2.22. The van der Waals surface area contributed by atoms with Crippen LogP contribution in [-0.2, 0) is 4.79 Å². The molecule has 25 heavy (non-hydrogen) atoms. The Bertz CT molecular complexity index is 797. The zero-order valence-electron chi connectivity index (χ0n) is 13.7. The number of benzene rings is 2. The van der Waals surface area contributed by atoms with E-state index in [0.29, 0.717) is 32.7 Å². The Morgan fingerprint density at radius 1 is 1.12 bits per heavy atom. The SMILES string of the molecule is CNC(=O)c1ccc(NCC(=O)Nc2cc(Cl)ccc2OC)cc1Cl. The van der Waals surface area contributed by atoms with E-state index in [4.69, 9.17) is 27.9 Å². The highest BCUT2D eigenvalue weighted by molar-refractivity contribution is 6.34. The van der Waals surface area contributed by atoms with Gasteiger partial charge in [0, 0.05) is 17.8 Å². The maximum Gasteiger partial charge on any atom is 0.252 e. The van der Waals surface area contributed by atoms with Gasteiger partial charge < -0.3 is 20.7 Å². The second kappa shape index (κ2) is 8.60. The normalized spacial score (nSPS) is 10.1. The van der Waals surface area contributed by atoms with Gasteiger partial charge >= 0.3 is 0 Å². The summed E-state index contributed by atoms with van der Waals surface area (Å²) in [6, 6.07) is 9.78. The predicted molar refractivity (Wildman–Crippen MR) is 100.0 cm³/mol. The molecule has 0 saturated carbocycles. The van der Waals surface area contributed by atoms with Gasteiger partial charge in [0.1, 0.15) is 5.75 Å². The fourth-order valence-electron chi connectivity index (χ4n) is 2.10. The third kappa shape index (κ3) is 5.01. The van der Waals surface area contributed by atoms with E-state index in [9.17, 15) is 9.59 Å². The van der Waals surface area contributed by atoms with Crippen molar-refractivity contribution in [3.63, 3.8) is 0 Å². The second-order valence-electron chi connectivity index (χ2n) is 5.02. The van der Waals surface area contributed by atoms with Crippen LogP contribution in [0.2, 0.25) is 10.0 Å². The number of hydrogen-bond acceptors (Lipinski definition) is 4. The predicted octanol–water partition coefficient (Wildman–Crippen LogP) is 3.41. The van der Waals surface area contributed by atoms with E-state index >= 15 is 0 Å². The van der Waals surface area contributed by atoms with Crippen molar-refractivity contribution in [2.45, 2.75) is 0 Å². The summed E-state index contributed by atoms with van der Waals surface area (Å²) in [5.74, 6) is -0.0508. The van der Waals surface area contributed by atoms with Crippen LogP contribution in [0, 0.1) is 0 Å².